The molecule has 8 nitrogen and oxygen atoms in total. The fourth-order valence-electron chi connectivity index (χ4n) is 3.41. The van der Waals surface area contributed by atoms with Crippen LogP contribution in [0.2, 0.25) is 0 Å². The summed E-state index contributed by atoms with van der Waals surface area (Å²) in [5.41, 5.74) is 0.452. The highest BCUT2D eigenvalue weighted by atomic mass is 16.6. The van der Waals surface area contributed by atoms with Gasteiger partial charge in [0.1, 0.15) is 18.2 Å². The lowest BCUT2D eigenvalue weighted by Crippen LogP contribution is -2.52. The van der Waals surface area contributed by atoms with Gasteiger partial charge in [-0.05, 0) is 66.4 Å². The van der Waals surface area contributed by atoms with Crippen LogP contribution in [0.5, 0.6) is 0 Å². The minimum Gasteiger partial charge on any atom is -0.465 e. The average Bonchev–Trinajstić information content (AvgIpc) is 2.77. The molecule has 1 rings (SSSR count). The molecule has 192 valence electrons. The molecule has 0 aromatic heterocycles. The summed E-state index contributed by atoms with van der Waals surface area (Å²) < 4.78 is 16.0. The van der Waals surface area contributed by atoms with Gasteiger partial charge in [0.15, 0.2) is 0 Å². The Balaban J connectivity index is 2.87. The second-order valence-corrected chi connectivity index (χ2v) is 9.11. The van der Waals surface area contributed by atoms with Crippen molar-refractivity contribution < 1.29 is 28.6 Å². The molecule has 34 heavy (non-hydrogen) atoms. The molecule has 0 aliphatic heterocycles. The van der Waals surface area contributed by atoms with E-state index in [9.17, 15) is 14.4 Å². The molecule has 0 unspecified atom stereocenters. The molecule has 0 aliphatic carbocycles. The smallest absolute Gasteiger partial charge is 0.326 e. The Hall–Kier alpha value is -2.45. The Labute approximate surface area is 204 Å². The zero-order valence-electron chi connectivity index (χ0n) is 21.6. The van der Waals surface area contributed by atoms with E-state index in [1.54, 1.807) is 34.6 Å². The van der Waals surface area contributed by atoms with Gasteiger partial charge in [-0.15, -0.1) is 0 Å². The van der Waals surface area contributed by atoms with E-state index in [4.69, 9.17) is 14.2 Å². The summed E-state index contributed by atoms with van der Waals surface area (Å²) in [5, 5.41) is 3.13. The zero-order valence-corrected chi connectivity index (χ0v) is 21.6. The first-order chi connectivity index (χ1) is 16.1. The van der Waals surface area contributed by atoms with E-state index in [2.05, 4.69) is 5.32 Å². The lowest BCUT2D eigenvalue weighted by Gasteiger charge is -2.29. The highest BCUT2D eigenvalue weighted by Crippen LogP contribution is 2.11. The number of benzene rings is 1. The Bertz CT molecular complexity index is 747. The lowest BCUT2D eigenvalue weighted by molar-refractivity contribution is -0.159. The van der Waals surface area contributed by atoms with Gasteiger partial charge in [-0.2, -0.15) is 0 Å². The Morgan fingerprint density at radius 3 is 2.32 bits per heavy atom. The summed E-state index contributed by atoms with van der Waals surface area (Å²) in [6.07, 6.45) is 1.73. The summed E-state index contributed by atoms with van der Waals surface area (Å²) >= 11 is 0. The van der Waals surface area contributed by atoms with E-state index >= 15 is 0 Å². The molecule has 0 spiro atoms. The predicted octanol–water partition coefficient (Wildman–Crippen LogP) is 3.13. The first-order valence-electron chi connectivity index (χ1n) is 12.1. The van der Waals surface area contributed by atoms with Gasteiger partial charge in [0.25, 0.3) is 0 Å². The molecule has 0 saturated heterocycles. The van der Waals surface area contributed by atoms with Crippen LogP contribution in [-0.2, 0) is 35.0 Å². The van der Waals surface area contributed by atoms with E-state index in [0.29, 0.717) is 39.0 Å². The highest BCUT2D eigenvalue weighted by molar-refractivity contribution is 5.86. The number of hydrogen-bond acceptors (Lipinski definition) is 7. The molecule has 1 amide bonds. The van der Waals surface area contributed by atoms with Crippen molar-refractivity contribution in [3.63, 3.8) is 0 Å². The number of hydrogen-bond donors (Lipinski definition) is 1. The van der Waals surface area contributed by atoms with Crippen molar-refractivity contribution in [2.45, 2.75) is 78.5 Å². The number of nitrogens with zero attached hydrogens (tertiary/aromatic N) is 1. The monoisotopic (exact) mass is 478 g/mol. The van der Waals surface area contributed by atoms with E-state index in [-0.39, 0.29) is 19.1 Å². The zero-order chi connectivity index (χ0) is 25.6. The summed E-state index contributed by atoms with van der Waals surface area (Å²) in [6, 6.07) is 8.49. The fraction of sp³-hybridized carbons (Fsp3) is 0.654. The largest absolute Gasteiger partial charge is 0.465 e. The van der Waals surface area contributed by atoms with E-state index < -0.39 is 29.6 Å². The maximum atomic E-state index is 13.3. The van der Waals surface area contributed by atoms with Crippen LogP contribution in [0.1, 0.15) is 59.9 Å². The van der Waals surface area contributed by atoms with Crippen molar-refractivity contribution in [2.24, 2.45) is 0 Å². The topological polar surface area (TPSA) is 94.2 Å². The van der Waals surface area contributed by atoms with Crippen LogP contribution in [0.25, 0.3) is 0 Å². The van der Waals surface area contributed by atoms with Crippen molar-refractivity contribution in [3.8, 4) is 0 Å². The SMILES string of the molecule is CCOCCCN(CC(=O)OC(C)(C)C)C(=O)[C@H](C)N[C@@H](CCc1ccccc1)C(=O)OCC. The number of carbonyl (C=O) groups excluding carboxylic acids is 3. The summed E-state index contributed by atoms with van der Waals surface area (Å²) in [4.78, 5) is 39.7. The molecule has 0 fully saturated rings. The first-order valence-corrected chi connectivity index (χ1v) is 12.1. The van der Waals surface area contributed by atoms with E-state index in [1.165, 1.54) is 4.90 Å². The van der Waals surface area contributed by atoms with Gasteiger partial charge in [0, 0.05) is 19.8 Å². The third-order valence-corrected chi connectivity index (χ3v) is 4.93. The molecule has 0 radical (unpaired) electrons. The summed E-state index contributed by atoms with van der Waals surface area (Å²) in [7, 11) is 0. The molecule has 0 saturated carbocycles. The van der Waals surface area contributed by atoms with Crippen LogP contribution in [0.4, 0.5) is 0 Å². The van der Waals surface area contributed by atoms with Gasteiger partial charge >= 0.3 is 11.9 Å². The normalized spacial score (nSPS) is 13.1. The standard InChI is InChI=1S/C26H42N2O6/c1-7-32-18-12-17-28(19-23(29)34-26(4,5)6)24(30)20(3)27-22(25(31)33-8-2)16-15-21-13-10-9-11-14-21/h9-11,13-14,20,22,27H,7-8,12,15-19H2,1-6H3/t20-,22-/m0/s1. The van der Waals surface area contributed by atoms with Gasteiger partial charge in [-0.3, -0.25) is 19.7 Å². The number of amides is 1. The third kappa shape index (κ3) is 12.1. The minimum absolute atomic E-state index is 0.164. The maximum absolute atomic E-state index is 13.3. The van der Waals surface area contributed by atoms with Gasteiger partial charge in [-0.1, -0.05) is 30.3 Å². The van der Waals surface area contributed by atoms with Crippen LogP contribution in [0.15, 0.2) is 30.3 Å². The molecule has 0 aliphatic rings. The summed E-state index contributed by atoms with van der Waals surface area (Å²) in [6.45, 7) is 12.2. The average molecular weight is 479 g/mol. The number of rotatable bonds is 15. The Kier molecular flexibility index (Phi) is 13.4. The summed E-state index contributed by atoms with van der Waals surface area (Å²) in [5.74, 6) is -1.15. The van der Waals surface area contributed by atoms with Crippen molar-refractivity contribution in [3.05, 3.63) is 35.9 Å². The molecular weight excluding hydrogens is 436 g/mol. The van der Waals surface area contributed by atoms with Crippen molar-refractivity contribution in [1.29, 1.82) is 0 Å². The second-order valence-electron chi connectivity index (χ2n) is 9.11. The third-order valence-electron chi connectivity index (χ3n) is 4.93. The number of aryl methyl sites for hydroxylation is 1. The van der Waals surface area contributed by atoms with Crippen LogP contribution in [0.3, 0.4) is 0 Å². The van der Waals surface area contributed by atoms with Crippen LogP contribution in [0, 0.1) is 0 Å². The second kappa shape index (κ2) is 15.5. The Morgan fingerprint density at radius 2 is 1.74 bits per heavy atom. The van der Waals surface area contributed by atoms with Gasteiger partial charge < -0.3 is 19.1 Å². The predicted molar refractivity (Wildman–Crippen MR) is 131 cm³/mol. The number of esters is 2. The van der Waals surface area contributed by atoms with Crippen LogP contribution >= 0.6 is 0 Å². The van der Waals surface area contributed by atoms with Crippen molar-refractivity contribution in [1.82, 2.24) is 10.2 Å². The van der Waals surface area contributed by atoms with Gasteiger partial charge in [0.2, 0.25) is 5.91 Å². The number of ether oxygens (including phenoxy) is 3. The highest BCUT2D eigenvalue weighted by Gasteiger charge is 2.29. The quantitative estimate of drug-likeness (QED) is 0.306. The lowest BCUT2D eigenvalue weighted by atomic mass is 10.0. The molecular formula is C26H42N2O6. The molecule has 0 bridgehead atoms. The van der Waals surface area contributed by atoms with Gasteiger partial charge in [0.05, 0.1) is 12.6 Å². The molecule has 1 N–H and O–H groups in total. The van der Waals surface area contributed by atoms with Crippen molar-refractivity contribution in [2.75, 3.05) is 32.9 Å². The van der Waals surface area contributed by atoms with E-state index in [1.807, 2.05) is 37.3 Å². The maximum Gasteiger partial charge on any atom is 0.326 e. The Morgan fingerprint density at radius 1 is 1.06 bits per heavy atom. The van der Waals surface area contributed by atoms with Crippen LogP contribution in [-0.4, -0.2) is 73.3 Å². The molecule has 1 aromatic carbocycles. The molecule has 2 atom stereocenters. The molecule has 8 heteroatoms. The van der Waals surface area contributed by atoms with E-state index in [0.717, 1.165) is 5.56 Å². The first kappa shape index (κ1) is 29.6. The van der Waals surface area contributed by atoms with Crippen molar-refractivity contribution >= 4 is 17.8 Å². The minimum atomic E-state index is -0.695. The van der Waals surface area contributed by atoms with Gasteiger partial charge in [-0.25, -0.2) is 0 Å². The molecule has 0 heterocycles. The molecule has 1 aromatic rings. The number of nitrogens with one attached hydrogen (secondary N) is 1. The fourth-order valence-corrected chi connectivity index (χ4v) is 3.41. The number of carbonyl (C=O) groups is 3. The van der Waals surface area contributed by atoms with Crippen LogP contribution < -0.4 is 5.32 Å².